The van der Waals surface area contributed by atoms with E-state index < -0.39 is 0 Å². The van der Waals surface area contributed by atoms with E-state index in [2.05, 4.69) is 22.9 Å². The second-order valence-corrected chi connectivity index (χ2v) is 4.95. The third kappa shape index (κ3) is 2.43. The van der Waals surface area contributed by atoms with Crippen molar-refractivity contribution >= 4 is 41.4 Å². The van der Waals surface area contributed by atoms with Gasteiger partial charge in [0.05, 0.1) is 0 Å². The Balaban J connectivity index is 3.00. The summed E-state index contributed by atoms with van der Waals surface area (Å²) in [5.41, 5.74) is 0. The van der Waals surface area contributed by atoms with Gasteiger partial charge in [0.25, 0.3) is 0 Å². The third-order valence-electron chi connectivity index (χ3n) is 1.32. The Morgan fingerprint density at radius 3 is 2.82 bits per heavy atom. The van der Waals surface area contributed by atoms with Gasteiger partial charge in [0.1, 0.15) is 0 Å². The van der Waals surface area contributed by atoms with Gasteiger partial charge in [-0.05, 0) is 18.3 Å². The lowest BCUT2D eigenvalue weighted by molar-refractivity contribution is 1.52. The highest BCUT2D eigenvalue weighted by Gasteiger charge is 2.01. The van der Waals surface area contributed by atoms with E-state index in [0.717, 1.165) is 24.2 Å². The van der Waals surface area contributed by atoms with Gasteiger partial charge >= 0.3 is 0 Å². The number of hydrogen-bond acceptors (Lipinski definition) is 0. The lowest BCUT2D eigenvalue weighted by atomic mass is 10.4. The fourth-order valence-corrected chi connectivity index (χ4v) is 2.98. The minimum absolute atomic E-state index is 0.806. The zero-order chi connectivity index (χ0) is 8.27. The maximum absolute atomic E-state index is 5.99. The van der Waals surface area contributed by atoms with Crippen LogP contribution in [0, 0.1) is 0 Å². The Kier molecular flexibility index (Phi) is 3.84. The van der Waals surface area contributed by atoms with Crippen LogP contribution in [0.25, 0.3) is 0 Å². The van der Waals surface area contributed by atoms with Crippen molar-refractivity contribution in [2.45, 2.75) is 6.92 Å². The zero-order valence-electron chi connectivity index (χ0n) is 6.20. The van der Waals surface area contributed by atoms with Gasteiger partial charge < -0.3 is 0 Å². The second kappa shape index (κ2) is 4.45. The first-order valence-electron chi connectivity index (χ1n) is 3.43. The van der Waals surface area contributed by atoms with Crippen molar-refractivity contribution in [1.29, 1.82) is 0 Å². The Morgan fingerprint density at radius 1 is 1.55 bits per heavy atom. The van der Waals surface area contributed by atoms with Gasteiger partial charge in [-0.3, -0.25) is 0 Å². The van der Waals surface area contributed by atoms with E-state index >= 15 is 0 Å². The summed E-state index contributed by atoms with van der Waals surface area (Å²) in [4.78, 5) is 0. The van der Waals surface area contributed by atoms with Crippen molar-refractivity contribution in [2.75, 3.05) is 6.16 Å². The molecule has 1 rings (SSSR count). The molecule has 60 valence electrons. The normalized spacial score (nSPS) is 11.2. The zero-order valence-corrected chi connectivity index (χ0v) is 9.54. The molecule has 11 heavy (non-hydrogen) atoms. The third-order valence-corrected chi connectivity index (χ3v) is 4.06. The molecule has 0 N–H and O–H groups in total. The molecule has 1 aromatic rings. The van der Waals surface area contributed by atoms with Crippen LogP contribution in [0.15, 0.2) is 22.7 Å². The smallest absolute Gasteiger partial charge is 0.0491 e. The van der Waals surface area contributed by atoms with Crippen LogP contribution < -0.4 is 5.30 Å². The molecule has 0 bridgehead atoms. The molecule has 0 saturated heterocycles. The molecule has 0 aromatic heterocycles. The van der Waals surface area contributed by atoms with Gasteiger partial charge in [-0.15, -0.1) is 0 Å². The number of halogens is 2. The molecule has 3 heteroatoms. The van der Waals surface area contributed by atoms with E-state index in [0.29, 0.717) is 0 Å². The minimum Gasteiger partial charge on any atom is -0.0878 e. The first kappa shape index (κ1) is 9.51. The van der Waals surface area contributed by atoms with Crippen molar-refractivity contribution in [3.8, 4) is 0 Å². The predicted molar refractivity (Wildman–Crippen MR) is 57.6 cm³/mol. The largest absolute Gasteiger partial charge is 0.0878 e. The lowest BCUT2D eigenvalue weighted by Crippen LogP contribution is -1.98. The van der Waals surface area contributed by atoms with Crippen molar-refractivity contribution < 1.29 is 0 Å². The van der Waals surface area contributed by atoms with Crippen LogP contribution in [0.3, 0.4) is 0 Å². The van der Waals surface area contributed by atoms with E-state index in [9.17, 15) is 0 Å². The minimum atomic E-state index is 0.806. The Hall–Kier alpha value is 0.420. The van der Waals surface area contributed by atoms with Crippen LogP contribution >= 0.6 is 36.1 Å². The summed E-state index contributed by atoms with van der Waals surface area (Å²) in [6.07, 6.45) is 1.16. The van der Waals surface area contributed by atoms with E-state index in [-0.39, 0.29) is 0 Å². The van der Waals surface area contributed by atoms with Crippen LogP contribution in [0.2, 0.25) is 5.02 Å². The van der Waals surface area contributed by atoms with E-state index in [1.54, 1.807) is 0 Å². The first-order valence-corrected chi connectivity index (χ1v) is 5.81. The highest BCUT2D eigenvalue weighted by molar-refractivity contribution is 9.10. The van der Waals surface area contributed by atoms with Gasteiger partial charge in [0.15, 0.2) is 0 Å². The Labute approximate surface area is 82.2 Å². The number of rotatable bonds is 2. The first-order chi connectivity index (χ1) is 5.25. The van der Waals surface area contributed by atoms with Crippen molar-refractivity contribution in [3.63, 3.8) is 0 Å². The van der Waals surface area contributed by atoms with Crippen LogP contribution in [-0.2, 0) is 0 Å². The van der Waals surface area contributed by atoms with Crippen LogP contribution in [-0.4, -0.2) is 6.16 Å². The van der Waals surface area contributed by atoms with Crippen molar-refractivity contribution in [2.24, 2.45) is 0 Å². The summed E-state index contributed by atoms with van der Waals surface area (Å²) in [5, 5.41) is 2.12. The van der Waals surface area contributed by atoms with Crippen LogP contribution in [0.4, 0.5) is 0 Å². The van der Waals surface area contributed by atoms with Gasteiger partial charge in [-0.1, -0.05) is 49.1 Å². The molecule has 0 spiro atoms. The highest BCUT2D eigenvalue weighted by Crippen LogP contribution is 2.23. The van der Waals surface area contributed by atoms with E-state index in [4.69, 9.17) is 11.6 Å². The molecule has 0 nitrogen and oxygen atoms in total. The molecule has 0 heterocycles. The average Bonchev–Trinajstić information content (AvgIpc) is 1.97. The van der Waals surface area contributed by atoms with Crippen LogP contribution in [0.5, 0.6) is 0 Å². The van der Waals surface area contributed by atoms with Gasteiger partial charge in [-0.2, -0.15) is 0 Å². The average molecular weight is 251 g/mol. The summed E-state index contributed by atoms with van der Waals surface area (Å²) in [7, 11) is 0.806. The molecular weight excluding hydrogens is 242 g/mol. The highest BCUT2D eigenvalue weighted by atomic mass is 79.9. The van der Waals surface area contributed by atoms with Crippen molar-refractivity contribution in [3.05, 3.63) is 27.7 Å². The van der Waals surface area contributed by atoms with Gasteiger partial charge in [-0.25, -0.2) is 0 Å². The molecular formula is C8H9BrClP. The monoisotopic (exact) mass is 250 g/mol. The summed E-state index contributed by atoms with van der Waals surface area (Å²) in [6.45, 7) is 2.16. The topological polar surface area (TPSA) is 0 Å². The maximum atomic E-state index is 5.99. The van der Waals surface area contributed by atoms with E-state index in [1.807, 2.05) is 18.2 Å². The molecule has 0 amide bonds. The molecule has 0 saturated carbocycles. The second-order valence-electron chi connectivity index (χ2n) is 2.13. The predicted octanol–water partition coefficient (Wildman–Crippen LogP) is 3.43. The molecule has 0 aliphatic heterocycles. The summed E-state index contributed by atoms with van der Waals surface area (Å²) in [5.74, 6) is 0. The molecule has 1 aromatic carbocycles. The molecule has 1 atom stereocenters. The SMILES string of the molecule is CCPc1c(Cl)cccc1Br. The van der Waals surface area contributed by atoms with Gasteiger partial charge in [0, 0.05) is 14.8 Å². The molecule has 0 radical (unpaired) electrons. The standard InChI is InChI=1S/C8H9BrClP/c1-2-11-8-6(9)4-3-5-7(8)10/h3-5,11H,2H2,1H3. The summed E-state index contributed by atoms with van der Waals surface area (Å²) in [6, 6.07) is 5.92. The molecule has 0 fully saturated rings. The quantitative estimate of drug-likeness (QED) is 0.707. The van der Waals surface area contributed by atoms with Crippen LogP contribution in [0.1, 0.15) is 6.92 Å². The molecule has 1 unspecified atom stereocenters. The fraction of sp³-hybridized carbons (Fsp3) is 0.250. The number of hydrogen-bond donors (Lipinski definition) is 0. The van der Waals surface area contributed by atoms with Gasteiger partial charge in [0.2, 0.25) is 0 Å². The Bertz CT molecular complexity index is 230. The summed E-state index contributed by atoms with van der Waals surface area (Å²) >= 11 is 9.46. The summed E-state index contributed by atoms with van der Waals surface area (Å²) < 4.78 is 1.13. The Morgan fingerprint density at radius 2 is 2.27 bits per heavy atom. The molecule has 0 aliphatic rings. The molecule has 0 aliphatic carbocycles. The van der Waals surface area contributed by atoms with Crippen molar-refractivity contribution in [1.82, 2.24) is 0 Å². The fourth-order valence-electron chi connectivity index (χ4n) is 0.843. The van der Waals surface area contributed by atoms with E-state index in [1.165, 1.54) is 5.30 Å². The maximum Gasteiger partial charge on any atom is 0.0491 e. The number of benzene rings is 1. The lowest BCUT2D eigenvalue weighted by Gasteiger charge is -2.03.